The number of alkyl halides is 3. The lowest BCUT2D eigenvalue weighted by atomic mass is 10.2. The van der Waals surface area contributed by atoms with Gasteiger partial charge in [0.25, 0.3) is 0 Å². The Bertz CT molecular complexity index is 1620. The third-order valence-corrected chi connectivity index (χ3v) is 5.69. The van der Waals surface area contributed by atoms with Gasteiger partial charge in [-0.05, 0) is 48.0 Å². The van der Waals surface area contributed by atoms with Crippen LogP contribution >= 0.6 is 0 Å². The smallest absolute Gasteiger partial charge is 0.419 e. The number of rotatable bonds is 7. The molecule has 0 fully saturated rings. The molecule has 5 aromatic rings. The first-order chi connectivity index (χ1) is 18.8. The monoisotopic (exact) mass is 536 g/mol. The molecule has 0 bridgehead atoms. The molecule has 3 aromatic carbocycles. The van der Waals surface area contributed by atoms with Crippen LogP contribution in [0, 0.1) is 5.82 Å². The fraction of sp³-hybridized carbons (Fsp3) is 0.107. The minimum Gasteiger partial charge on any atom is -0.439 e. The summed E-state index contributed by atoms with van der Waals surface area (Å²) in [6.07, 6.45) is -2.05. The average molecular weight is 536 g/mol. The lowest BCUT2D eigenvalue weighted by Gasteiger charge is -2.12. The van der Waals surface area contributed by atoms with Gasteiger partial charge in [0.15, 0.2) is 0 Å². The molecular formula is C28H20F4N4O3. The number of amides is 1. The van der Waals surface area contributed by atoms with E-state index in [1.807, 2.05) is 30.3 Å². The Morgan fingerprint density at radius 1 is 0.923 bits per heavy atom. The van der Waals surface area contributed by atoms with Gasteiger partial charge in [0.2, 0.25) is 5.88 Å². The number of nitrogens with zero attached hydrogens (tertiary/aromatic N) is 3. The first-order valence-corrected chi connectivity index (χ1v) is 11.7. The second kappa shape index (κ2) is 10.9. The van der Waals surface area contributed by atoms with Gasteiger partial charge in [-0.3, -0.25) is 4.57 Å². The van der Waals surface area contributed by atoms with Crippen LogP contribution in [-0.4, -0.2) is 20.6 Å². The molecule has 0 aliphatic heterocycles. The van der Waals surface area contributed by atoms with Crippen LogP contribution in [0.2, 0.25) is 0 Å². The van der Waals surface area contributed by atoms with Gasteiger partial charge in [-0.2, -0.15) is 13.2 Å². The van der Waals surface area contributed by atoms with Crippen molar-refractivity contribution in [2.75, 3.05) is 5.32 Å². The summed E-state index contributed by atoms with van der Waals surface area (Å²) in [6, 6.07) is 19.5. The molecule has 2 aromatic heterocycles. The van der Waals surface area contributed by atoms with Crippen molar-refractivity contribution >= 4 is 22.6 Å². The number of aromatic nitrogens is 3. The van der Waals surface area contributed by atoms with Crippen LogP contribution in [0.15, 0.2) is 91.4 Å². The molecule has 0 aliphatic rings. The first-order valence-electron chi connectivity index (χ1n) is 11.7. The third kappa shape index (κ3) is 6.21. The summed E-state index contributed by atoms with van der Waals surface area (Å²) in [5.41, 5.74) is 0.503. The molecule has 0 aliphatic carbocycles. The third-order valence-electron chi connectivity index (χ3n) is 5.69. The number of anilines is 1. The van der Waals surface area contributed by atoms with Crippen molar-refractivity contribution in [2.24, 2.45) is 0 Å². The number of halogens is 4. The standard InChI is InChI=1S/C28H20F4N4O3/c29-24-8-6-20(13-23(24)28(30,31)32)35-27(37)36-11-10-19-12-22(7-9-25(19)36)39-26-14-21(33-17-34-26)16-38-15-18-4-2-1-3-5-18/h1-14,17H,15-16H2,(H,35,37). The first kappa shape index (κ1) is 25.9. The Labute approximate surface area is 219 Å². The van der Waals surface area contributed by atoms with E-state index in [1.165, 1.54) is 17.1 Å². The minimum absolute atomic E-state index is 0.192. The zero-order chi connectivity index (χ0) is 27.4. The number of hydrogen-bond donors (Lipinski definition) is 1. The molecule has 39 heavy (non-hydrogen) atoms. The van der Waals surface area contributed by atoms with Crippen molar-refractivity contribution < 1.29 is 31.8 Å². The van der Waals surface area contributed by atoms with E-state index in [0.29, 0.717) is 47.0 Å². The summed E-state index contributed by atoms with van der Waals surface area (Å²) in [5.74, 6) is -0.671. The Morgan fingerprint density at radius 3 is 2.54 bits per heavy atom. The molecule has 198 valence electrons. The highest BCUT2D eigenvalue weighted by molar-refractivity contribution is 5.98. The lowest BCUT2D eigenvalue weighted by molar-refractivity contribution is -0.139. The van der Waals surface area contributed by atoms with Crippen LogP contribution in [0.25, 0.3) is 10.9 Å². The summed E-state index contributed by atoms with van der Waals surface area (Å²) in [4.78, 5) is 21.1. The van der Waals surface area contributed by atoms with Crippen molar-refractivity contribution in [1.29, 1.82) is 0 Å². The number of nitrogens with one attached hydrogen (secondary N) is 1. The molecule has 5 rings (SSSR count). The van der Waals surface area contributed by atoms with E-state index in [2.05, 4.69) is 15.3 Å². The van der Waals surface area contributed by atoms with E-state index < -0.39 is 23.6 Å². The van der Waals surface area contributed by atoms with Crippen molar-refractivity contribution in [3.8, 4) is 11.6 Å². The molecular weight excluding hydrogens is 516 g/mol. The molecule has 0 saturated heterocycles. The number of benzene rings is 3. The maximum atomic E-state index is 13.6. The number of fused-ring (bicyclic) bond motifs is 1. The van der Waals surface area contributed by atoms with Crippen molar-refractivity contribution in [1.82, 2.24) is 14.5 Å². The van der Waals surface area contributed by atoms with E-state index >= 15 is 0 Å². The van der Waals surface area contributed by atoms with E-state index in [4.69, 9.17) is 9.47 Å². The molecule has 11 heteroatoms. The van der Waals surface area contributed by atoms with Gasteiger partial charge in [-0.25, -0.2) is 19.2 Å². The maximum absolute atomic E-state index is 13.6. The Morgan fingerprint density at radius 2 is 1.74 bits per heavy atom. The largest absolute Gasteiger partial charge is 0.439 e. The zero-order valence-electron chi connectivity index (χ0n) is 20.2. The van der Waals surface area contributed by atoms with E-state index in [0.717, 1.165) is 11.6 Å². The number of hydrogen-bond acceptors (Lipinski definition) is 5. The maximum Gasteiger partial charge on any atom is 0.419 e. The Balaban J connectivity index is 1.25. The van der Waals surface area contributed by atoms with Crippen molar-refractivity contribution in [3.63, 3.8) is 0 Å². The van der Waals surface area contributed by atoms with Gasteiger partial charge in [-0.1, -0.05) is 30.3 Å². The highest BCUT2D eigenvalue weighted by Crippen LogP contribution is 2.33. The molecule has 0 saturated carbocycles. The molecule has 2 heterocycles. The number of carbonyl (C=O) groups is 1. The second-order valence-corrected chi connectivity index (χ2v) is 8.46. The van der Waals surface area contributed by atoms with Gasteiger partial charge in [0, 0.05) is 23.3 Å². The summed E-state index contributed by atoms with van der Waals surface area (Å²) in [7, 11) is 0. The van der Waals surface area contributed by atoms with Gasteiger partial charge in [0.1, 0.15) is 17.9 Å². The van der Waals surface area contributed by atoms with Crippen LogP contribution in [-0.2, 0) is 24.1 Å². The van der Waals surface area contributed by atoms with Gasteiger partial charge in [0.05, 0.1) is 30.0 Å². The Hall–Kier alpha value is -4.77. The molecule has 0 radical (unpaired) electrons. The second-order valence-electron chi connectivity index (χ2n) is 8.46. The molecule has 0 spiro atoms. The predicted octanol–water partition coefficient (Wildman–Crippen LogP) is 7.18. The number of ether oxygens (including phenoxy) is 2. The topological polar surface area (TPSA) is 78.3 Å². The van der Waals surface area contributed by atoms with Crippen LogP contribution in [0.4, 0.5) is 28.0 Å². The van der Waals surface area contributed by atoms with Crippen molar-refractivity contribution in [2.45, 2.75) is 19.4 Å². The molecule has 0 unspecified atom stereocenters. The van der Waals surface area contributed by atoms with E-state index in [9.17, 15) is 22.4 Å². The van der Waals surface area contributed by atoms with Gasteiger partial charge < -0.3 is 14.8 Å². The minimum atomic E-state index is -4.89. The van der Waals surface area contributed by atoms with E-state index in [-0.39, 0.29) is 12.3 Å². The van der Waals surface area contributed by atoms with E-state index in [1.54, 1.807) is 30.3 Å². The average Bonchev–Trinajstić information content (AvgIpc) is 3.33. The zero-order valence-corrected chi connectivity index (χ0v) is 20.2. The normalized spacial score (nSPS) is 11.5. The fourth-order valence-corrected chi connectivity index (χ4v) is 3.85. The summed E-state index contributed by atoms with van der Waals surface area (Å²) in [6.45, 7) is 0.705. The van der Waals surface area contributed by atoms with Crippen LogP contribution in [0.1, 0.15) is 16.8 Å². The highest BCUT2D eigenvalue weighted by Gasteiger charge is 2.34. The van der Waals surface area contributed by atoms with Crippen LogP contribution < -0.4 is 10.1 Å². The van der Waals surface area contributed by atoms with Gasteiger partial charge in [-0.15, -0.1) is 0 Å². The quantitative estimate of drug-likeness (QED) is 0.223. The summed E-state index contributed by atoms with van der Waals surface area (Å²) < 4.78 is 65.3. The molecule has 7 nitrogen and oxygen atoms in total. The predicted molar refractivity (Wildman–Crippen MR) is 135 cm³/mol. The highest BCUT2D eigenvalue weighted by atomic mass is 19.4. The fourth-order valence-electron chi connectivity index (χ4n) is 3.85. The van der Waals surface area contributed by atoms with Crippen molar-refractivity contribution in [3.05, 3.63) is 114 Å². The molecule has 1 N–H and O–H groups in total. The van der Waals surface area contributed by atoms with Crippen LogP contribution in [0.5, 0.6) is 11.6 Å². The number of carbonyl (C=O) groups excluding carboxylic acids is 1. The van der Waals surface area contributed by atoms with Crippen LogP contribution in [0.3, 0.4) is 0 Å². The van der Waals surface area contributed by atoms with Gasteiger partial charge >= 0.3 is 12.2 Å². The SMILES string of the molecule is O=C(Nc1ccc(F)c(C(F)(F)F)c1)n1ccc2cc(Oc3cc(COCc4ccccc4)ncn3)ccc21. The molecule has 1 amide bonds. The lowest BCUT2D eigenvalue weighted by Crippen LogP contribution is -2.19. The molecule has 0 atom stereocenters. The Kier molecular flexibility index (Phi) is 7.24. The summed E-state index contributed by atoms with van der Waals surface area (Å²) >= 11 is 0. The summed E-state index contributed by atoms with van der Waals surface area (Å²) in [5, 5.41) is 3.00.